The van der Waals surface area contributed by atoms with Gasteiger partial charge in [0.15, 0.2) is 0 Å². The second kappa shape index (κ2) is 11.5. The number of aryl methyl sites for hydroxylation is 1. The highest BCUT2D eigenvalue weighted by atomic mass is 32.2. The van der Waals surface area contributed by atoms with Crippen LogP contribution in [-0.2, 0) is 10.0 Å². The van der Waals surface area contributed by atoms with Gasteiger partial charge in [0.05, 0.1) is 11.5 Å². The summed E-state index contributed by atoms with van der Waals surface area (Å²) in [5, 5.41) is 6.43. The Labute approximate surface area is 211 Å². The minimum atomic E-state index is -3.73. The highest BCUT2D eigenvalue weighted by Crippen LogP contribution is 2.23. The fourth-order valence-corrected chi connectivity index (χ4v) is 4.43. The monoisotopic (exact) mass is 503 g/mol. The van der Waals surface area contributed by atoms with Crippen molar-refractivity contribution < 1.29 is 13.2 Å². The number of benzene rings is 3. The first-order valence-corrected chi connectivity index (χ1v) is 13.2. The molecule has 0 amide bonds. The molecule has 0 atom stereocenters. The van der Waals surface area contributed by atoms with E-state index in [0.29, 0.717) is 29.8 Å². The van der Waals surface area contributed by atoms with E-state index in [0.717, 1.165) is 29.9 Å². The SMILES string of the molecule is CCCCOc1ccc(S(=O)(=O)Nc2ccc(Nc3nc(C)cc(Nc4ccccc4)n3)cc2)cc1. The average molecular weight is 504 g/mol. The lowest BCUT2D eigenvalue weighted by Gasteiger charge is -2.12. The van der Waals surface area contributed by atoms with Gasteiger partial charge >= 0.3 is 0 Å². The Kier molecular flexibility index (Phi) is 8.02. The number of para-hydroxylation sites is 1. The molecule has 186 valence electrons. The van der Waals surface area contributed by atoms with Crippen LogP contribution in [0.3, 0.4) is 0 Å². The van der Waals surface area contributed by atoms with Gasteiger partial charge in [0.2, 0.25) is 5.95 Å². The zero-order chi connectivity index (χ0) is 25.4. The number of aromatic nitrogens is 2. The van der Waals surface area contributed by atoms with E-state index in [1.54, 1.807) is 36.4 Å². The maximum atomic E-state index is 12.8. The number of ether oxygens (including phenoxy) is 1. The summed E-state index contributed by atoms with van der Waals surface area (Å²) in [5.74, 6) is 1.75. The molecule has 0 aliphatic rings. The van der Waals surface area contributed by atoms with Crippen LogP contribution in [0.25, 0.3) is 0 Å². The molecule has 1 heterocycles. The van der Waals surface area contributed by atoms with E-state index in [4.69, 9.17) is 4.74 Å². The summed E-state index contributed by atoms with van der Waals surface area (Å²) in [4.78, 5) is 9.13. The lowest BCUT2D eigenvalue weighted by atomic mass is 10.3. The van der Waals surface area contributed by atoms with Crippen LogP contribution in [0.2, 0.25) is 0 Å². The van der Waals surface area contributed by atoms with E-state index in [-0.39, 0.29) is 4.90 Å². The Morgan fingerprint density at radius 1 is 0.806 bits per heavy atom. The molecule has 0 saturated heterocycles. The van der Waals surface area contributed by atoms with E-state index >= 15 is 0 Å². The van der Waals surface area contributed by atoms with Crippen molar-refractivity contribution in [3.63, 3.8) is 0 Å². The first-order chi connectivity index (χ1) is 17.4. The molecule has 1 aromatic heterocycles. The molecule has 0 bridgehead atoms. The summed E-state index contributed by atoms with van der Waals surface area (Å²) in [5.41, 5.74) is 2.90. The Morgan fingerprint density at radius 2 is 1.47 bits per heavy atom. The molecule has 8 nitrogen and oxygen atoms in total. The third-order valence-electron chi connectivity index (χ3n) is 5.19. The number of rotatable bonds is 11. The van der Waals surface area contributed by atoms with Crippen molar-refractivity contribution in [1.29, 1.82) is 0 Å². The molecular formula is C27H29N5O3S. The topological polar surface area (TPSA) is 105 Å². The fraction of sp³-hybridized carbons (Fsp3) is 0.185. The van der Waals surface area contributed by atoms with Crippen LogP contribution < -0.4 is 20.1 Å². The first-order valence-electron chi connectivity index (χ1n) is 11.7. The molecule has 0 radical (unpaired) electrons. The van der Waals surface area contributed by atoms with Crippen LogP contribution in [0.1, 0.15) is 25.5 Å². The summed E-state index contributed by atoms with van der Waals surface area (Å²) < 4.78 is 33.8. The summed E-state index contributed by atoms with van der Waals surface area (Å²) in [6.45, 7) is 4.59. The molecule has 0 fully saturated rings. The predicted molar refractivity (Wildman–Crippen MR) is 144 cm³/mol. The summed E-state index contributed by atoms with van der Waals surface area (Å²) in [6, 6.07) is 24.9. The van der Waals surface area contributed by atoms with E-state index in [9.17, 15) is 8.42 Å². The van der Waals surface area contributed by atoms with Gasteiger partial charge in [0.25, 0.3) is 10.0 Å². The average Bonchev–Trinajstić information content (AvgIpc) is 2.86. The van der Waals surface area contributed by atoms with Crippen LogP contribution in [0.4, 0.5) is 28.8 Å². The van der Waals surface area contributed by atoms with E-state index in [2.05, 4.69) is 32.2 Å². The van der Waals surface area contributed by atoms with Crippen LogP contribution in [0.5, 0.6) is 5.75 Å². The molecule has 4 aromatic rings. The minimum absolute atomic E-state index is 0.166. The van der Waals surface area contributed by atoms with Gasteiger partial charge in [-0.05, 0) is 74.0 Å². The maximum Gasteiger partial charge on any atom is 0.261 e. The first kappa shape index (κ1) is 25.0. The smallest absolute Gasteiger partial charge is 0.261 e. The lowest BCUT2D eigenvalue weighted by molar-refractivity contribution is 0.309. The molecule has 0 aliphatic heterocycles. The summed E-state index contributed by atoms with van der Waals surface area (Å²) >= 11 is 0. The Morgan fingerprint density at radius 3 is 2.17 bits per heavy atom. The van der Waals surface area contributed by atoms with Crippen LogP contribution in [0, 0.1) is 6.92 Å². The highest BCUT2D eigenvalue weighted by Gasteiger charge is 2.14. The normalized spacial score (nSPS) is 11.1. The van der Waals surface area contributed by atoms with Gasteiger partial charge in [-0.2, -0.15) is 4.98 Å². The molecule has 4 rings (SSSR count). The molecule has 0 spiro atoms. The zero-order valence-electron chi connectivity index (χ0n) is 20.2. The largest absolute Gasteiger partial charge is 0.494 e. The van der Waals surface area contributed by atoms with Gasteiger partial charge in [-0.1, -0.05) is 31.5 Å². The number of sulfonamides is 1. The van der Waals surface area contributed by atoms with Crippen molar-refractivity contribution in [2.45, 2.75) is 31.6 Å². The van der Waals surface area contributed by atoms with Gasteiger partial charge in [-0.15, -0.1) is 0 Å². The molecule has 0 saturated carbocycles. The van der Waals surface area contributed by atoms with Crippen LogP contribution >= 0.6 is 0 Å². The van der Waals surface area contributed by atoms with Crippen LogP contribution in [-0.4, -0.2) is 25.0 Å². The Bertz CT molecular complexity index is 1380. The number of anilines is 5. The predicted octanol–water partition coefficient (Wildman–Crippen LogP) is 6.25. The Hall–Kier alpha value is -4.11. The minimum Gasteiger partial charge on any atom is -0.494 e. The third kappa shape index (κ3) is 6.96. The molecule has 36 heavy (non-hydrogen) atoms. The number of nitrogens with one attached hydrogen (secondary N) is 3. The van der Waals surface area contributed by atoms with Gasteiger partial charge < -0.3 is 15.4 Å². The zero-order valence-corrected chi connectivity index (χ0v) is 21.0. The van der Waals surface area contributed by atoms with Gasteiger partial charge in [-0.25, -0.2) is 13.4 Å². The number of hydrogen-bond acceptors (Lipinski definition) is 7. The van der Waals surface area contributed by atoms with Gasteiger partial charge in [0.1, 0.15) is 11.6 Å². The van der Waals surface area contributed by atoms with Crippen molar-refractivity contribution in [2.75, 3.05) is 22.0 Å². The summed E-state index contributed by atoms with van der Waals surface area (Å²) in [7, 11) is -3.73. The summed E-state index contributed by atoms with van der Waals surface area (Å²) in [6.07, 6.45) is 1.99. The molecule has 0 unspecified atom stereocenters. The Balaban J connectivity index is 1.40. The van der Waals surface area contributed by atoms with Crippen molar-refractivity contribution in [1.82, 2.24) is 9.97 Å². The van der Waals surface area contributed by atoms with Crippen molar-refractivity contribution in [3.05, 3.63) is 90.6 Å². The second-order valence-electron chi connectivity index (χ2n) is 8.19. The number of unbranched alkanes of at least 4 members (excludes halogenated alkanes) is 1. The molecule has 3 aromatic carbocycles. The van der Waals surface area contributed by atoms with Crippen LogP contribution in [0.15, 0.2) is 89.8 Å². The van der Waals surface area contributed by atoms with Gasteiger partial charge in [0, 0.05) is 28.8 Å². The van der Waals surface area contributed by atoms with Gasteiger partial charge in [-0.3, -0.25) is 4.72 Å². The van der Waals surface area contributed by atoms with E-state index in [1.807, 2.05) is 43.3 Å². The standard InChI is InChI=1S/C27H29N5O3S/c1-3-4-18-35-24-14-16-25(17-15-24)36(33,34)32-23-12-10-22(11-13-23)30-27-28-20(2)19-26(31-27)29-21-8-6-5-7-9-21/h5-17,19,32H,3-4,18H2,1-2H3,(H2,28,29,30,31). The number of nitrogens with zero attached hydrogens (tertiary/aromatic N) is 2. The van der Waals surface area contributed by atoms with E-state index < -0.39 is 10.0 Å². The maximum absolute atomic E-state index is 12.8. The quantitative estimate of drug-likeness (QED) is 0.208. The highest BCUT2D eigenvalue weighted by molar-refractivity contribution is 7.92. The molecule has 3 N–H and O–H groups in total. The lowest BCUT2D eigenvalue weighted by Crippen LogP contribution is -2.13. The number of hydrogen-bond donors (Lipinski definition) is 3. The van der Waals surface area contributed by atoms with Crippen molar-refractivity contribution >= 4 is 38.9 Å². The fourth-order valence-electron chi connectivity index (χ4n) is 3.37. The second-order valence-corrected chi connectivity index (χ2v) is 9.87. The third-order valence-corrected chi connectivity index (χ3v) is 6.59. The van der Waals surface area contributed by atoms with E-state index in [1.165, 1.54) is 12.1 Å². The van der Waals surface area contributed by atoms with Crippen molar-refractivity contribution in [2.24, 2.45) is 0 Å². The molecule has 0 aliphatic carbocycles. The molecular weight excluding hydrogens is 474 g/mol. The molecule has 9 heteroatoms. The van der Waals surface area contributed by atoms with Crippen molar-refractivity contribution in [3.8, 4) is 5.75 Å².